The van der Waals surface area contributed by atoms with Crippen molar-refractivity contribution in [3.05, 3.63) is 0 Å². The first-order valence-electron chi connectivity index (χ1n) is 18.2. The quantitative estimate of drug-likeness (QED) is 0.0604. The zero-order valence-corrected chi connectivity index (χ0v) is 31.1. The molecule has 0 bridgehead atoms. The van der Waals surface area contributed by atoms with Gasteiger partial charge in [-0.25, -0.2) is 0 Å². The number of aliphatic hydroxyl groups excluding tert-OH is 15. The van der Waals surface area contributed by atoms with Gasteiger partial charge in [-0.05, 0) is 6.92 Å². The summed E-state index contributed by atoms with van der Waals surface area (Å²) in [6.07, 6.45) is -43.8. The van der Waals surface area contributed by atoms with Crippen LogP contribution in [0.15, 0.2) is 0 Å². The van der Waals surface area contributed by atoms with Crippen LogP contribution >= 0.6 is 0 Å². The highest BCUT2D eigenvalue weighted by Crippen LogP contribution is 2.35. The van der Waals surface area contributed by atoms with Gasteiger partial charge in [-0.3, -0.25) is 4.79 Å². The number of ether oxygens (including phenoxy) is 8. The number of aliphatic hydroxyl groups is 15. The second-order valence-electron chi connectivity index (χ2n) is 14.3. The van der Waals surface area contributed by atoms with E-state index in [1.54, 1.807) is 0 Å². The van der Waals surface area contributed by atoms with Gasteiger partial charge in [0.25, 0.3) is 0 Å². The normalized spacial score (nSPS) is 45.8. The predicted molar refractivity (Wildman–Crippen MR) is 178 cm³/mol. The van der Waals surface area contributed by atoms with E-state index in [2.05, 4.69) is 5.32 Å². The maximum absolute atomic E-state index is 12.6. The van der Waals surface area contributed by atoms with E-state index in [0.29, 0.717) is 0 Å². The number of rotatable bonds is 17. The fourth-order valence-electron chi connectivity index (χ4n) is 6.89. The number of hydrogen-bond donors (Lipinski definition) is 16. The summed E-state index contributed by atoms with van der Waals surface area (Å²) < 4.78 is 45.3. The van der Waals surface area contributed by atoms with Crippen LogP contribution in [0.1, 0.15) is 13.8 Å². The van der Waals surface area contributed by atoms with Gasteiger partial charge < -0.3 is 125 Å². The molecule has 4 rings (SSSR count). The summed E-state index contributed by atoms with van der Waals surface area (Å²) in [6.45, 7) is -1.71. The number of aldehydes is 1. The molecule has 0 spiro atoms. The van der Waals surface area contributed by atoms with E-state index >= 15 is 0 Å². The molecule has 4 fully saturated rings. The van der Waals surface area contributed by atoms with Crippen LogP contribution in [0.2, 0.25) is 0 Å². The first-order chi connectivity index (χ1) is 27.3. The molecule has 338 valence electrons. The molecule has 16 N–H and O–H groups in total. The lowest BCUT2D eigenvalue weighted by molar-refractivity contribution is -0.387. The SMILES string of the molecule is CC(=O)NC1C(OC2C(O)C(CO)OC(OC(C(O)CO)C(O)C(O)C=O)C2O)OC(CO)C(O)C1OC1OC(CO)C(O)C(O)C1OC1OC(C)C(O)C(O)C1O. The fourth-order valence-corrected chi connectivity index (χ4v) is 6.89. The Labute approximate surface area is 329 Å². The molecule has 4 saturated heterocycles. The summed E-state index contributed by atoms with van der Waals surface area (Å²) in [6, 6.07) is -1.76. The highest BCUT2D eigenvalue weighted by molar-refractivity contribution is 5.73. The minimum Gasteiger partial charge on any atom is -0.394 e. The van der Waals surface area contributed by atoms with Gasteiger partial charge in [0.1, 0.15) is 116 Å². The average Bonchev–Trinajstić information content (AvgIpc) is 3.20. The van der Waals surface area contributed by atoms with Crippen molar-refractivity contribution in [2.75, 3.05) is 26.4 Å². The molecular formula is C32H55NO25. The van der Waals surface area contributed by atoms with Crippen molar-refractivity contribution < 1.29 is 124 Å². The van der Waals surface area contributed by atoms with Gasteiger partial charge in [-0.2, -0.15) is 0 Å². The molecule has 0 aromatic heterocycles. The topological polar surface area (TPSA) is 423 Å². The van der Waals surface area contributed by atoms with Gasteiger partial charge in [0.2, 0.25) is 5.91 Å². The molecule has 4 heterocycles. The molecule has 0 aromatic carbocycles. The number of carbonyl (C=O) groups excluding carboxylic acids is 2. The van der Waals surface area contributed by atoms with Crippen molar-refractivity contribution in [1.29, 1.82) is 0 Å². The van der Waals surface area contributed by atoms with Gasteiger partial charge in [0.15, 0.2) is 31.4 Å². The van der Waals surface area contributed by atoms with Gasteiger partial charge in [-0.1, -0.05) is 0 Å². The minimum atomic E-state index is -2.22. The molecule has 24 atom stereocenters. The molecule has 0 aliphatic carbocycles. The second-order valence-corrected chi connectivity index (χ2v) is 14.3. The van der Waals surface area contributed by atoms with E-state index in [1.165, 1.54) is 6.92 Å². The Balaban J connectivity index is 1.68. The molecule has 26 nitrogen and oxygen atoms in total. The highest BCUT2D eigenvalue weighted by Gasteiger charge is 2.56. The van der Waals surface area contributed by atoms with Crippen LogP contribution in [0.3, 0.4) is 0 Å². The van der Waals surface area contributed by atoms with Crippen LogP contribution in [-0.4, -0.2) is 262 Å². The molecule has 1 amide bonds. The molecule has 4 aliphatic rings. The van der Waals surface area contributed by atoms with Gasteiger partial charge >= 0.3 is 0 Å². The molecule has 24 unspecified atom stereocenters. The zero-order chi connectivity index (χ0) is 43.3. The summed E-state index contributed by atoms with van der Waals surface area (Å²) >= 11 is 0. The van der Waals surface area contributed by atoms with E-state index in [-0.39, 0.29) is 6.29 Å². The van der Waals surface area contributed by atoms with Crippen LogP contribution in [0.5, 0.6) is 0 Å². The predicted octanol–water partition coefficient (Wildman–Crippen LogP) is -10.9. The molecule has 0 aromatic rings. The first kappa shape index (κ1) is 48.9. The highest BCUT2D eigenvalue weighted by atomic mass is 16.8. The van der Waals surface area contributed by atoms with Crippen molar-refractivity contribution in [3.8, 4) is 0 Å². The van der Waals surface area contributed by atoms with Gasteiger partial charge in [-0.15, -0.1) is 0 Å². The van der Waals surface area contributed by atoms with Crippen molar-refractivity contribution >= 4 is 12.2 Å². The van der Waals surface area contributed by atoms with Crippen LogP contribution < -0.4 is 5.32 Å². The Morgan fingerprint density at radius 3 is 1.69 bits per heavy atom. The number of amides is 1. The summed E-state index contributed by atoms with van der Waals surface area (Å²) in [7, 11) is 0. The van der Waals surface area contributed by atoms with E-state index < -0.39 is 180 Å². The second kappa shape index (κ2) is 21.3. The summed E-state index contributed by atoms with van der Waals surface area (Å²) in [4.78, 5) is 23.7. The lowest BCUT2D eigenvalue weighted by Crippen LogP contribution is -2.70. The lowest BCUT2D eigenvalue weighted by atomic mass is 9.94. The molecule has 4 aliphatic heterocycles. The lowest BCUT2D eigenvalue weighted by Gasteiger charge is -2.50. The molecular weight excluding hydrogens is 798 g/mol. The Bertz CT molecular complexity index is 1290. The largest absolute Gasteiger partial charge is 0.394 e. The van der Waals surface area contributed by atoms with E-state index in [9.17, 15) is 86.2 Å². The van der Waals surface area contributed by atoms with E-state index in [4.69, 9.17) is 37.9 Å². The van der Waals surface area contributed by atoms with Crippen LogP contribution in [0.25, 0.3) is 0 Å². The van der Waals surface area contributed by atoms with Crippen LogP contribution in [-0.2, 0) is 47.5 Å². The summed E-state index contributed by atoms with van der Waals surface area (Å²) in [5.41, 5.74) is 0. The standard InChI is InChI=1S/C32H55NO25/c1-8-16(42)21(47)23(49)30(51-8)58-28-22(48)18(44)12(5-36)54-32(28)56-26-15(33-9(2)39)29(52-13(6-37)19(26)45)57-27-20(46)14(7-38)53-31(24(27)50)55-25(11(41)4-35)17(43)10(40)3-34/h3,8,10-32,35-38,40-50H,4-7H2,1-2H3,(H,33,39). The fraction of sp³-hybridized carbons (Fsp3) is 0.938. The molecule has 58 heavy (non-hydrogen) atoms. The van der Waals surface area contributed by atoms with Gasteiger partial charge in [0, 0.05) is 6.92 Å². The van der Waals surface area contributed by atoms with E-state index in [0.717, 1.165) is 6.92 Å². The van der Waals surface area contributed by atoms with Crippen molar-refractivity contribution in [1.82, 2.24) is 5.32 Å². The van der Waals surface area contributed by atoms with Gasteiger partial charge in [0.05, 0.1) is 32.5 Å². The zero-order valence-electron chi connectivity index (χ0n) is 31.1. The average molecular weight is 854 g/mol. The third-order valence-electron chi connectivity index (χ3n) is 10.2. The monoisotopic (exact) mass is 853 g/mol. The maximum atomic E-state index is 12.6. The van der Waals surface area contributed by atoms with Crippen LogP contribution in [0, 0.1) is 0 Å². The third kappa shape index (κ3) is 10.6. The van der Waals surface area contributed by atoms with E-state index in [1.807, 2.05) is 0 Å². The summed E-state index contributed by atoms with van der Waals surface area (Å²) in [5, 5.41) is 159. The molecule has 0 saturated carbocycles. The van der Waals surface area contributed by atoms with Crippen LogP contribution in [0.4, 0.5) is 0 Å². The first-order valence-corrected chi connectivity index (χ1v) is 18.2. The third-order valence-corrected chi connectivity index (χ3v) is 10.2. The summed E-state index contributed by atoms with van der Waals surface area (Å²) in [5.74, 6) is -0.849. The molecule has 26 heteroatoms. The molecule has 0 radical (unpaired) electrons. The van der Waals surface area contributed by atoms with Crippen molar-refractivity contribution in [2.45, 2.75) is 161 Å². The Kier molecular flexibility index (Phi) is 18.0. The smallest absolute Gasteiger partial charge is 0.217 e. The Morgan fingerprint density at radius 1 is 0.621 bits per heavy atom. The van der Waals surface area contributed by atoms with Crippen molar-refractivity contribution in [2.24, 2.45) is 0 Å². The maximum Gasteiger partial charge on any atom is 0.217 e. The van der Waals surface area contributed by atoms with Crippen molar-refractivity contribution in [3.63, 3.8) is 0 Å². The Morgan fingerprint density at radius 2 is 1.14 bits per heavy atom. The Hall–Kier alpha value is -1.78. The number of nitrogens with one attached hydrogen (secondary N) is 1. The minimum absolute atomic E-state index is 0.120. The number of hydrogen-bond acceptors (Lipinski definition) is 25. The number of carbonyl (C=O) groups is 2.